The molecule has 0 spiro atoms. The molecule has 0 unspecified atom stereocenters. The summed E-state index contributed by atoms with van der Waals surface area (Å²) in [6.07, 6.45) is 0.0565. The molecule has 30 heavy (non-hydrogen) atoms. The van der Waals surface area contributed by atoms with Gasteiger partial charge in [0.1, 0.15) is 5.75 Å². The van der Waals surface area contributed by atoms with Crippen LogP contribution in [0.1, 0.15) is 11.1 Å². The van der Waals surface area contributed by atoms with E-state index in [0.29, 0.717) is 17.9 Å². The van der Waals surface area contributed by atoms with Crippen molar-refractivity contribution in [1.29, 1.82) is 0 Å². The van der Waals surface area contributed by atoms with Gasteiger partial charge in [-0.15, -0.1) is 0 Å². The number of carbonyl (C=O) groups is 3. The second-order valence-electron chi connectivity index (χ2n) is 6.37. The summed E-state index contributed by atoms with van der Waals surface area (Å²) in [7, 11) is 4.00. The number of amides is 1. The Morgan fingerprint density at radius 1 is 0.900 bits per heavy atom. The molecule has 2 aromatic rings. The summed E-state index contributed by atoms with van der Waals surface area (Å²) in [6.45, 7) is 0.163. The Morgan fingerprint density at radius 2 is 1.57 bits per heavy atom. The summed E-state index contributed by atoms with van der Waals surface area (Å²) in [4.78, 5) is 35.6. The largest absolute Gasteiger partial charge is 0.497 e. The number of hydrogen-bond acceptors (Lipinski definition) is 7. The standard InChI is InChI=1S/C22H25NO7/c1-27-18-9-5-8-17(14-18)23-22(26)30-11-10-15-6-4-7-16(12-15)13-19(20(24)28-2)21(25)29-3/h4-9,12,14,19H,10-11,13H2,1-3H3,(H,23,26). The van der Waals surface area contributed by atoms with Crippen molar-refractivity contribution in [2.24, 2.45) is 5.92 Å². The summed E-state index contributed by atoms with van der Waals surface area (Å²) in [5.74, 6) is -1.70. The maximum absolute atomic E-state index is 12.0. The van der Waals surface area contributed by atoms with Crippen LogP contribution in [0.2, 0.25) is 0 Å². The van der Waals surface area contributed by atoms with Gasteiger partial charge in [-0.25, -0.2) is 4.79 Å². The van der Waals surface area contributed by atoms with Crippen LogP contribution in [-0.2, 0) is 36.6 Å². The number of carbonyl (C=O) groups excluding carboxylic acids is 3. The number of benzene rings is 2. The topological polar surface area (TPSA) is 100 Å². The van der Waals surface area contributed by atoms with Crippen LogP contribution in [0.5, 0.6) is 5.75 Å². The lowest BCUT2D eigenvalue weighted by molar-refractivity contribution is -0.158. The molecule has 0 aliphatic carbocycles. The van der Waals surface area contributed by atoms with E-state index < -0.39 is 23.9 Å². The fraction of sp³-hybridized carbons (Fsp3) is 0.318. The molecule has 2 rings (SSSR count). The second kappa shape index (κ2) is 11.5. The van der Waals surface area contributed by atoms with E-state index in [0.717, 1.165) is 11.1 Å². The lowest BCUT2D eigenvalue weighted by Gasteiger charge is -2.13. The van der Waals surface area contributed by atoms with Gasteiger partial charge in [0.25, 0.3) is 0 Å². The van der Waals surface area contributed by atoms with E-state index in [-0.39, 0.29) is 13.0 Å². The van der Waals surface area contributed by atoms with Crippen LogP contribution >= 0.6 is 0 Å². The molecule has 0 saturated heterocycles. The van der Waals surface area contributed by atoms with Gasteiger partial charge in [0.15, 0.2) is 5.92 Å². The number of anilines is 1. The third kappa shape index (κ3) is 6.80. The maximum atomic E-state index is 12.0. The smallest absolute Gasteiger partial charge is 0.411 e. The first-order valence-corrected chi connectivity index (χ1v) is 9.28. The molecule has 0 saturated carbocycles. The van der Waals surface area contributed by atoms with Crippen LogP contribution in [0.25, 0.3) is 0 Å². The number of hydrogen-bond donors (Lipinski definition) is 1. The van der Waals surface area contributed by atoms with E-state index >= 15 is 0 Å². The first-order chi connectivity index (χ1) is 14.5. The number of nitrogens with one attached hydrogen (secondary N) is 1. The van der Waals surface area contributed by atoms with Crippen LogP contribution in [0.3, 0.4) is 0 Å². The van der Waals surface area contributed by atoms with E-state index in [1.165, 1.54) is 14.2 Å². The van der Waals surface area contributed by atoms with Crippen molar-refractivity contribution in [2.75, 3.05) is 33.3 Å². The SMILES string of the molecule is COC(=O)C(Cc1cccc(CCOC(=O)Nc2cccc(OC)c2)c1)C(=O)OC. The Kier molecular flexibility index (Phi) is 8.68. The zero-order valence-electron chi connectivity index (χ0n) is 17.2. The predicted octanol–water partition coefficient (Wildman–Crippen LogP) is 2.99. The molecule has 160 valence electrons. The number of ether oxygens (including phenoxy) is 4. The van der Waals surface area contributed by atoms with Crippen molar-refractivity contribution < 1.29 is 33.3 Å². The Bertz CT molecular complexity index is 865. The van der Waals surface area contributed by atoms with Crippen molar-refractivity contribution in [2.45, 2.75) is 12.8 Å². The normalized spacial score (nSPS) is 10.3. The molecule has 8 heteroatoms. The van der Waals surface area contributed by atoms with Crippen molar-refractivity contribution in [3.05, 3.63) is 59.7 Å². The van der Waals surface area contributed by atoms with Gasteiger partial charge in [-0.2, -0.15) is 0 Å². The van der Waals surface area contributed by atoms with E-state index in [1.807, 2.05) is 18.2 Å². The Morgan fingerprint density at radius 3 is 2.23 bits per heavy atom. The monoisotopic (exact) mass is 415 g/mol. The molecule has 1 N–H and O–H groups in total. The Balaban J connectivity index is 1.89. The van der Waals surface area contributed by atoms with Crippen LogP contribution in [-0.4, -0.2) is 46.0 Å². The van der Waals surface area contributed by atoms with Crippen molar-refractivity contribution in [3.8, 4) is 5.75 Å². The van der Waals surface area contributed by atoms with Gasteiger partial charge >= 0.3 is 18.0 Å². The molecule has 0 fully saturated rings. The zero-order chi connectivity index (χ0) is 21.9. The number of rotatable bonds is 9. The average molecular weight is 415 g/mol. The highest BCUT2D eigenvalue weighted by atomic mass is 16.6. The lowest BCUT2D eigenvalue weighted by Crippen LogP contribution is -2.28. The number of esters is 2. The van der Waals surface area contributed by atoms with E-state index in [1.54, 1.807) is 37.4 Å². The van der Waals surface area contributed by atoms with Gasteiger partial charge in [0.2, 0.25) is 0 Å². The molecule has 0 radical (unpaired) electrons. The van der Waals surface area contributed by atoms with Crippen molar-refractivity contribution >= 4 is 23.7 Å². The fourth-order valence-corrected chi connectivity index (χ4v) is 2.81. The molecular weight excluding hydrogens is 390 g/mol. The second-order valence-corrected chi connectivity index (χ2v) is 6.37. The van der Waals surface area contributed by atoms with E-state index in [4.69, 9.17) is 9.47 Å². The summed E-state index contributed by atoms with van der Waals surface area (Å²) in [5.41, 5.74) is 2.24. The summed E-state index contributed by atoms with van der Waals surface area (Å²) in [5, 5.41) is 2.63. The van der Waals surface area contributed by atoms with Crippen LogP contribution in [0.4, 0.5) is 10.5 Å². The Labute approximate surface area is 175 Å². The number of methoxy groups -OCH3 is 3. The predicted molar refractivity (Wildman–Crippen MR) is 109 cm³/mol. The van der Waals surface area contributed by atoms with Crippen LogP contribution in [0, 0.1) is 5.92 Å². The molecule has 8 nitrogen and oxygen atoms in total. The molecule has 0 bridgehead atoms. The first kappa shape index (κ1) is 22.7. The third-order valence-electron chi connectivity index (χ3n) is 4.34. The molecule has 0 atom stereocenters. The van der Waals surface area contributed by atoms with Gasteiger partial charge in [0, 0.05) is 18.2 Å². The maximum Gasteiger partial charge on any atom is 0.411 e. The zero-order valence-corrected chi connectivity index (χ0v) is 17.2. The molecule has 0 heterocycles. The lowest BCUT2D eigenvalue weighted by atomic mass is 9.97. The minimum Gasteiger partial charge on any atom is -0.497 e. The van der Waals surface area contributed by atoms with Crippen LogP contribution in [0.15, 0.2) is 48.5 Å². The summed E-state index contributed by atoms with van der Waals surface area (Å²) >= 11 is 0. The van der Waals surface area contributed by atoms with Crippen LogP contribution < -0.4 is 10.1 Å². The van der Waals surface area contributed by atoms with Gasteiger partial charge in [-0.3, -0.25) is 14.9 Å². The van der Waals surface area contributed by atoms with Gasteiger partial charge in [-0.1, -0.05) is 30.3 Å². The molecule has 1 amide bonds. The molecule has 2 aromatic carbocycles. The molecular formula is C22H25NO7. The van der Waals surface area contributed by atoms with Gasteiger partial charge in [0.05, 0.1) is 27.9 Å². The van der Waals surface area contributed by atoms with Crippen molar-refractivity contribution in [1.82, 2.24) is 0 Å². The molecule has 0 aromatic heterocycles. The third-order valence-corrected chi connectivity index (χ3v) is 4.34. The Hall–Kier alpha value is -3.55. The van der Waals surface area contributed by atoms with Crippen molar-refractivity contribution in [3.63, 3.8) is 0 Å². The minimum absolute atomic E-state index is 0.157. The quantitative estimate of drug-likeness (QED) is 0.382. The summed E-state index contributed by atoms with van der Waals surface area (Å²) < 4.78 is 19.7. The van der Waals surface area contributed by atoms with Gasteiger partial charge in [-0.05, 0) is 29.7 Å². The highest BCUT2D eigenvalue weighted by molar-refractivity contribution is 5.95. The molecule has 0 aliphatic rings. The molecule has 0 aliphatic heterocycles. The van der Waals surface area contributed by atoms with Gasteiger partial charge < -0.3 is 18.9 Å². The minimum atomic E-state index is -1.03. The highest BCUT2D eigenvalue weighted by Crippen LogP contribution is 2.17. The van der Waals surface area contributed by atoms with E-state index in [2.05, 4.69) is 14.8 Å². The average Bonchev–Trinajstić information content (AvgIpc) is 2.76. The van der Waals surface area contributed by atoms with E-state index in [9.17, 15) is 14.4 Å². The fourth-order valence-electron chi connectivity index (χ4n) is 2.81. The summed E-state index contributed by atoms with van der Waals surface area (Å²) in [6, 6.07) is 14.3. The highest BCUT2D eigenvalue weighted by Gasteiger charge is 2.28. The first-order valence-electron chi connectivity index (χ1n) is 9.28.